The van der Waals surface area contributed by atoms with Crippen molar-refractivity contribution in [3.8, 4) is 0 Å². The van der Waals surface area contributed by atoms with E-state index in [1.165, 1.54) is 6.92 Å². The van der Waals surface area contributed by atoms with Crippen molar-refractivity contribution in [2.24, 2.45) is 0 Å². The molecule has 0 aromatic rings. The zero-order valence-electron chi connectivity index (χ0n) is 7.48. The molecule has 0 saturated heterocycles. The van der Waals surface area contributed by atoms with Gasteiger partial charge in [0.15, 0.2) is 0 Å². The summed E-state index contributed by atoms with van der Waals surface area (Å²) < 4.78 is 33.5. The van der Waals surface area contributed by atoms with Crippen LogP contribution in [0.15, 0.2) is 11.0 Å². The Kier molecular flexibility index (Phi) is 4.64. The SMILES string of the molecule is CCCOC(=O)/C(C)=C/S(=O)(=O)O. The molecule has 0 bridgehead atoms. The van der Waals surface area contributed by atoms with Crippen LogP contribution < -0.4 is 0 Å². The summed E-state index contributed by atoms with van der Waals surface area (Å²) in [5.74, 6) is -0.737. The highest BCUT2D eigenvalue weighted by Gasteiger charge is 2.09. The number of esters is 1. The summed E-state index contributed by atoms with van der Waals surface area (Å²) >= 11 is 0. The maximum absolute atomic E-state index is 10.9. The number of rotatable bonds is 4. The van der Waals surface area contributed by atoms with Gasteiger partial charge in [-0.05, 0) is 13.3 Å². The molecule has 0 spiro atoms. The number of hydrogen-bond acceptors (Lipinski definition) is 4. The first kappa shape index (κ1) is 12.1. The van der Waals surface area contributed by atoms with Gasteiger partial charge in [-0.2, -0.15) is 8.42 Å². The fraction of sp³-hybridized carbons (Fsp3) is 0.571. The standard InChI is InChI=1S/C7H12O5S/c1-3-4-12-7(8)6(2)5-13(9,10)11/h5H,3-4H2,1-2H3,(H,9,10,11)/b6-5+. The monoisotopic (exact) mass is 208 g/mol. The number of carbonyl (C=O) groups is 1. The van der Waals surface area contributed by atoms with Crippen LogP contribution in [0.3, 0.4) is 0 Å². The van der Waals surface area contributed by atoms with Crippen molar-refractivity contribution in [2.75, 3.05) is 6.61 Å². The fourth-order valence-corrected chi connectivity index (χ4v) is 1.12. The van der Waals surface area contributed by atoms with Crippen LogP contribution in [0.25, 0.3) is 0 Å². The lowest BCUT2D eigenvalue weighted by molar-refractivity contribution is -0.138. The lowest BCUT2D eigenvalue weighted by atomic mass is 10.4. The average Bonchev–Trinajstić information content (AvgIpc) is 1.96. The van der Waals surface area contributed by atoms with Crippen molar-refractivity contribution in [2.45, 2.75) is 20.3 Å². The molecule has 0 amide bonds. The van der Waals surface area contributed by atoms with Crippen LogP contribution in [0.1, 0.15) is 20.3 Å². The summed E-state index contributed by atoms with van der Waals surface area (Å²) in [7, 11) is -4.26. The molecule has 1 N–H and O–H groups in total. The summed E-state index contributed by atoms with van der Waals surface area (Å²) in [6.07, 6.45) is 0.658. The first-order valence-corrected chi connectivity index (χ1v) is 5.20. The van der Waals surface area contributed by atoms with Crippen molar-refractivity contribution >= 4 is 16.1 Å². The van der Waals surface area contributed by atoms with Gasteiger partial charge in [-0.15, -0.1) is 0 Å². The highest BCUT2D eigenvalue weighted by Crippen LogP contribution is 2.00. The molecule has 0 atom stereocenters. The Morgan fingerprint density at radius 1 is 1.54 bits per heavy atom. The molecule has 0 saturated carbocycles. The molecule has 0 heterocycles. The van der Waals surface area contributed by atoms with E-state index in [9.17, 15) is 13.2 Å². The van der Waals surface area contributed by atoms with Gasteiger partial charge in [0.1, 0.15) is 0 Å². The molecule has 0 rings (SSSR count). The molecule has 0 aliphatic rings. The first-order valence-electron chi connectivity index (χ1n) is 3.69. The highest BCUT2D eigenvalue weighted by atomic mass is 32.2. The third-order valence-electron chi connectivity index (χ3n) is 1.08. The second kappa shape index (κ2) is 4.98. The molecule has 0 unspecified atom stereocenters. The highest BCUT2D eigenvalue weighted by molar-refractivity contribution is 7.88. The summed E-state index contributed by atoms with van der Waals surface area (Å²) in [4.78, 5) is 10.9. The number of carbonyl (C=O) groups excluding carboxylic acids is 1. The second-order valence-electron chi connectivity index (χ2n) is 2.45. The largest absolute Gasteiger partial charge is 0.462 e. The van der Waals surface area contributed by atoms with E-state index in [0.29, 0.717) is 11.8 Å². The molecule has 0 aliphatic heterocycles. The van der Waals surface area contributed by atoms with E-state index < -0.39 is 16.1 Å². The zero-order valence-corrected chi connectivity index (χ0v) is 8.30. The van der Waals surface area contributed by atoms with E-state index in [2.05, 4.69) is 4.74 Å². The Morgan fingerprint density at radius 3 is 2.46 bits per heavy atom. The minimum Gasteiger partial charge on any atom is -0.462 e. The quantitative estimate of drug-likeness (QED) is 0.418. The molecule has 0 aliphatic carbocycles. The van der Waals surface area contributed by atoms with Crippen LogP contribution >= 0.6 is 0 Å². The molecule has 76 valence electrons. The average molecular weight is 208 g/mol. The summed E-state index contributed by atoms with van der Waals surface area (Å²) in [5, 5.41) is 0.463. The van der Waals surface area contributed by atoms with Crippen LogP contribution in [-0.2, 0) is 19.6 Å². The van der Waals surface area contributed by atoms with Gasteiger partial charge in [-0.3, -0.25) is 4.55 Å². The smallest absolute Gasteiger partial charge is 0.334 e. The predicted molar refractivity (Wildman–Crippen MR) is 46.6 cm³/mol. The van der Waals surface area contributed by atoms with Gasteiger partial charge in [-0.1, -0.05) is 6.92 Å². The molecule has 0 aromatic carbocycles. The van der Waals surface area contributed by atoms with Gasteiger partial charge in [0, 0.05) is 5.57 Å². The van der Waals surface area contributed by atoms with E-state index in [0.717, 1.165) is 0 Å². The number of hydrogen-bond donors (Lipinski definition) is 1. The third-order valence-corrected chi connectivity index (χ3v) is 1.74. The van der Waals surface area contributed by atoms with Gasteiger partial charge in [0.2, 0.25) is 0 Å². The van der Waals surface area contributed by atoms with Crippen molar-refractivity contribution in [3.05, 3.63) is 11.0 Å². The molecule has 6 heteroatoms. The third kappa shape index (κ3) is 6.30. The Bertz CT molecular complexity index is 301. The molecular formula is C7H12O5S. The van der Waals surface area contributed by atoms with Crippen molar-refractivity contribution in [3.63, 3.8) is 0 Å². The second-order valence-corrected chi connectivity index (χ2v) is 3.72. The van der Waals surface area contributed by atoms with Gasteiger partial charge in [0.05, 0.1) is 12.0 Å². The van der Waals surface area contributed by atoms with E-state index in [1.807, 2.05) is 6.92 Å². The number of ether oxygens (including phenoxy) is 1. The van der Waals surface area contributed by atoms with Crippen molar-refractivity contribution < 1.29 is 22.5 Å². The Morgan fingerprint density at radius 2 is 2.08 bits per heavy atom. The summed E-state index contributed by atoms with van der Waals surface area (Å²) in [5.41, 5.74) is -0.143. The van der Waals surface area contributed by atoms with Crippen LogP contribution in [-0.4, -0.2) is 25.5 Å². The van der Waals surface area contributed by atoms with Crippen LogP contribution in [0, 0.1) is 0 Å². The van der Waals surface area contributed by atoms with E-state index in [1.54, 1.807) is 0 Å². The summed E-state index contributed by atoms with van der Waals surface area (Å²) in [6, 6.07) is 0. The topological polar surface area (TPSA) is 80.7 Å². The molecule has 13 heavy (non-hydrogen) atoms. The minimum atomic E-state index is -4.26. The molecular weight excluding hydrogens is 196 g/mol. The normalized spacial score (nSPS) is 12.7. The van der Waals surface area contributed by atoms with Crippen molar-refractivity contribution in [1.82, 2.24) is 0 Å². The lowest BCUT2D eigenvalue weighted by Crippen LogP contribution is -2.08. The maximum atomic E-state index is 10.9. The lowest BCUT2D eigenvalue weighted by Gasteiger charge is -2.01. The molecule has 0 fully saturated rings. The maximum Gasteiger partial charge on any atom is 0.334 e. The Balaban J connectivity index is 4.35. The molecule has 0 aromatic heterocycles. The zero-order chi connectivity index (χ0) is 10.5. The van der Waals surface area contributed by atoms with Gasteiger partial charge < -0.3 is 4.74 Å². The summed E-state index contributed by atoms with van der Waals surface area (Å²) in [6.45, 7) is 3.30. The van der Waals surface area contributed by atoms with Gasteiger partial charge in [-0.25, -0.2) is 4.79 Å². The van der Waals surface area contributed by atoms with Crippen LogP contribution in [0.5, 0.6) is 0 Å². The first-order chi connectivity index (χ1) is 5.87. The minimum absolute atomic E-state index is 0.143. The van der Waals surface area contributed by atoms with Crippen LogP contribution in [0.2, 0.25) is 0 Å². The van der Waals surface area contributed by atoms with Crippen LogP contribution in [0.4, 0.5) is 0 Å². The van der Waals surface area contributed by atoms with E-state index in [-0.39, 0.29) is 12.2 Å². The molecule has 5 nitrogen and oxygen atoms in total. The molecule has 0 radical (unpaired) electrons. The van der Waals surface area contributed by atoms with Gasteiger partial charge >= 0.3 is 5.97 Å². The predicted octanol–water partition coefficient (Wildman–Crippen LogP) is 0.731. The Hall–Kier alpha value is -0.880. The van der Waals surface area contributed by atoms with Crippen molar-refractivity contribution in [1.29, 1.82) is 0 Å². The van der Waals surface area contributed by atoms with Gasteiger partial charge in [0.25, 0.3) is 10.1 Å². The van der Waals surface area contributed by atoms with E-state index >= 15 is 0 Å². The van der Waals surface area contributed by atoms with E-state index in [4.69, 9.17) is 4.55 Å². The fourth-order valence-electron chi connectivity index (χ4n) is 0.580. The Labute approximate surface area is 77.1 Å².